The van der Waals surface area contributed by atoms with Crippen LogP contribution in [0.2, 0.25) is 6.04 Å². The molecule has 21 heavy (non-hydrogen) atoms. The molecule has 118 valence electrons. The SMILES string of the molecule is CCO[Si](CCc1cnccc1C(C)=O)(OCC)OCC. The Morgan fingerprint density at radius 3 is 2.19 bits per heavy atom. The molecular formula is C15H25NO4Si. The van der Waals surface area contributed by atoms with Crippen molar-refractivity contribution in [1.29, 1.82) is 0 Å². The standard InChI is InChI=1S/C15H25NO4Si/c1-5-18-21(19-6-2,20-7-3)11-9-14-12-16-10-8-15(14)13(4)17/h8,10,12H,5-7,9,11H2,1-4H3. The van der Waals surface area contributed by atoms with Gasteiger partial charge in [0.15, 0.2) is 5.78 Å². The maximum absolute atomic E-state index is 11.7. The Morgan fingerprint density at radius 1 is 1.14 bits per heavy atom. The number of hydrogen-bond donors (Lipinski definition) is 0. The minimum atomic E-state index is -2.68. The lowest BCUT2D eigenvalue weighted by molar-refractivity contribution is 0.0713. The van der Waals surface area contributed by atoms with Crippen molar-refractivity contribution in [2.45, 2.75) is 40.2 Å². The molecule has 1 aromatic rings. The summed E-state index contributed by atoms with van der Waals surface area (Å²) in [6, 6.07) is 2.40. The molecule has 0 spiro atoms. The molecule has 0 saturated carbocycles. The number of nitrogens with zero attached hydrogens (tertiary/aromatic N) is 1. The maximum atomic E-state index is 11.7. The van der Waals surface area contributed by atoms with E-state index in [-0.39, 0.29) is 5.78 Å². The van der Waals surface area contributed by atoms with Gasteiger partial charge in [-0.2, -0.15) is 0 Å². The number of Topliss-reactive ketones (excluding diaryl/α,β-unsaturated/α-hetero) is 1. The van der Waals surface area contributed by atoms with Crippen LogP contribution >= 0.6 is 0 Å². The Morgan fingerprint density at radius 2 is 1.71 bits per heavy atom. The molecule has 1 rings (SSSR count). The highest BCUT2D eigenvalue weighted by Gasteiger charge is 2.40. The summed E-state index contributed by atoms with van der Waals surface area (Å²) in [5, 5.41) is 0. The van der Waals surface area contributed by atoms with Crippen LogP contribution in [-0.2, 0) is 19.7 Å². The van der Waals surface area contributed by atoms with E-state index in [2.05, 4.69) is 4.98 Å². The first-order chi connectivity index (χ1) is 10.1. The quantitative estimate of drug-likeness (QED) is 0.491. The number of carbonyl (C=O) groups is 1. The van der Waals surface area contributed by atoms with Gasteiger partial charge >= 0.3 is 8.80 Å². The lowest BCUT2D eigenvalue weighted by Gasteiger charge is -2.28. The molecule has 0 fully saturated rings. The maximum Gasteiger partial charge on any atom is 0.501 e. The summed E-state index contributed by atoms with van der Waals surface area (Å²) < 4.78 is 17.5. The van der Waals surface area contributed by atoms with Crippen LogP contribution < -0.4 is 0 Å². The van der Waals surface area contributed by atoms with E-state index in [0.29, 0.717) is 37.8 Å². The zero-order valence-electron chi connectivity index (χ0n) is 13.3. The highest BCUT2D eigenvalue weighted by atomic mass is 28.4. The van der Waals surface area contributed by atoms with Gasteiger partial charge in [0.2, 0.25) is 0 Å². The van der Waals surface area contributed by atoms with E-state index in [1.807, 2.05) is 20.8 Å². The summed E-state index contributed by atoms with van der Waals surface area (Å²) in [4.78, 5) is 15.8. The largest absolute Gasteiger partial charge is 0.501 e. The van der Waals surface area contributed by atoms with Gasteiger partial charge in [0.1, 0.15) is 0 Å². The fraction of sp³-hybridized carbons (Fsp3) is 0.600. The summed E-state index contributed by atoms with van der Waals surface area (Å²) in [5.74, 6) is 0.0453. The van der Waals surface area contributed by atoms with Crippen LogP contribution in [0, 0.1) is 0 Å². The first kappa shape index (κ1) is 18.0. The summed E-state index contributed by atoms with van der Waals surface area (Å²) in [6.07, 6.45) is 4.03. The molecule has 0 aliphatic heterocycles. The second-order valence-electron chi connectivity index (χ2n) is 4.57. The molecule has 0 aromatic carbocycles. The monoisotopic (exact) mass is 311 g/mol. The third kappa shape index (κ3) is 5.31. The van der Waals surface area contributed by atoms with E-state index in [0.717, 1.165) is 5.56 Å². The predicted octanol–water partition coefficient (Wildman–Crippen LogP) is 2.88. The number of hydrogen-bond acceptors (Lipinski definition) is 5. The van der Waals surface area contributed by atoms with Gasteiger partial charge in [-0.15, -0.1) is 0 Å². The van der Waals surface area contributed by atoms with E-state index in [9.17, 15) is 4.79 Å². The third-order valence-electron chi connectivity index (χ3n) is 3.08. The summed E-state index contributed by atoms with van der Waals surface area (Å²) in [6.45, 7) is 9.04. The molecule has 0 saturated heterocycles. The van der Waals surface area contributed by atoms with E-state index >= 15 is 0 Å². The first-order valence-corrected chi connectivity index (χ1v) is 9.37. The van der Waals surface area contributed by atoms with Gasteiger partial charge < -0.3 is 13.3 Å². The zero-order chi connectivity index (χ0) is 15.7. The van der Waals surface area contributed by atoms with Gasteiger partial charge in [0, 0.05) is 43.8 Å². The van der Waals surface area contributed by atoms with Gasteiger partial charge in [0.25, 0.3) is 0 Å². The highest BCUT2D eigenvalue weighted by molar-refractivity contribution is 6.60. The van der Waals surface area contributed by atoms with Crippen molar-refractivity contribution in [3.8, 4) is 0 Å². The molecule has 0 bridgehead atoms. The Hall–Kier alpha value is -1.08. The normalized spacial score (nSPS) is 11.6. The Bertz CT molecular complexity index is 436. The number of rotatable bonds is 10. The molecule has 6 heteroatoms. The Labute approximate surface area is 128 Å². The second-order valence-corrected chi connectivity index (χ2v) is 7.30. The number of aromatic nitrogens is 1. The number of pyridine rings is 1. The van der Waals surface area contributed by atoms with Crippen molar-refractivity contribution < 1.29 is 18.1 Å². The van der Waals surface area contributed by atoms with Crippen LogP contribution in [0.5, 0.6) is 0 Å². The van der Waals surface area contributed by atoms with Crippen LogP contribution in [0.4, 0.5) is 0 Å². The molecule has 0 N–H and O–H groups in total. The van der Waals surface area contributed by atoms with E-state index in [1.165, 1.54) is 0 Å². The minimum Gasteiger partial charge on any atom is -0.374 e. The van der Waals surface area contributed by atoms with Gasteiger partial charge in [-0.1, -0.05) is 0 Å². The minimum absolute atomic E-state index is 0.0453. The molecule has 0 unspecified atom stereocenters. The Balaban J connectivity index is 2.87. The highest BCUT2D eigenvalue weighted by Crippen LogP contribution is 2.20. The molecule has 0 amide bonds. The van der Waals surface area contributed by atoms with E-state index < -0.39 is 8.80 Å². The average molecular weight is 311 g/mol. The summed E-state index contributed by atoms with van der Waals surface area (Å²) in [5.41, 5.74) is 1.62. The van der Waals surface area contributed by atoms with Gasteiger partial charge in [-0.25, -0.2) is 0 Å². The Kier molecular flexibility index (Phi) is 7.74. The van der Waals surface area contributed by atoms with Crippen molar-refractivity contribution in [2.24, 2.45) is 0 Å². The van der Waals surface area contributed by atoms with Crippen LogP contribution in [0.3, 0.4) is 0 Å². The first-order valence-electron chi connectivity index (χ1n) is 7.44. The van der Waals surface area contributed by atoms with Crippen LogP contribution in [0.1, 0.15) is 43.6 Å². The predicted molar refractivity (Wildman–Crippen MR) is 83.4 cm³/mol. The number of ketones is 1. The van der Waals surface area contributed by atoms with E-state index in [4.69, 9.17) is 13.3 Å². The molecule has 5 nitrogen and oxygen atoms in total. The second kappa shape index (κ2) is 9.04. The fourth-order valence-corrected chi connectivity index (χ4v) is 4.84. The fourth-order valence-electron chi connectivity index (χ4n) is 2.26. The van der Waals surface area contributed by atoms with Crippen molar-refractivity contribution in [2.75, 3.05) is 19.8 Å². The summed E-state index contributed by atoms with van der Waals surface area (Å²) >= 11 is 0. The number of carbonyl (C=O) groups excluding carboxylic acids is 1. The van der Waals surface area contributed by atoms with Crippen LogP contribution in [-0.4, -0.2) is 39.4 Å². The summed E-state index contributed by atoms with van der Waals surface area (Å²) in [7, 11) is -2.68. The van der Waals surface area contributed by atoms with Gasteiger partial charge in [-0.05, 0) is 45.7 Å². The number of aryl methyl sites for hydroxylation is 1. The molecule has 0 aliphatic rings. The molecule has 1 heterocycles. The average Bonchev–Trinajstić information content (AvgIpc) is 2.46. The van der Waals surface area contributed by atoms with Crippen molar-refractivity contribution >= 4 is 14.6 Å². The van der Waals surface area contributed by atoms with Gasteiger partial charge in [0.05, 0.1) is 0 Å². The third-order valence-corrected chi connectivity index (χ3v) is 6.12. The molecule has 0 radical (unpaired) electrons. The molecule has 0 aliphatic carbocycles. The smallest absolute Gasteiger partial charge is 0.374 e. The molecule has 0 atom stereocenters. The topological polar surface area (TPSA) is 57.7 Å². The molecule has 1 aromatic heterocycles. The van der Waals surface area contributed by atoms with Crippen LogP contribution in [0.15, 0.2) is 18.5 Å². The van der Waals surface area contributed by atoms with Crippen molar-refractivity contribution in [3.63, 3.8) is 0 Å². The lowest BCUT2D eigenvalue weighted by Crippen LogP contribution is -2.46. The van der Waals surface area contributed by atoms with Crippen molar-refractivity contribution in [1.82, 2.24) is 4.98 Å². The molecular weight excluding hydrogens is 286 g/mol. The van der Waals surface area contributed by atoms with Crippen molar-refractivity contribution in [3.05, 3.63) is 29.6 Å². The zero-order valence-corrected chi connectivity index (χ0v) is 14.3. The van der Waals surface area contributed by atoms with Gasteiger partial charge in [-0.3, -0.25) is 9.78 Å². The van der Waals surface area contributed by atoms with E-state index in [1.54, 1.807) is 25.4 Å². The van der Waals surface area contributed by atoms with Crippen LogP contribution in [0.25, 0.3) is 0 Å². The lowest BCUT2D eigenvalue weighted by atomic mass is 10.1.